The molecule has 0 saturated carbocycles. The molecule has 0 fully saturated rings. The van der Waals surface area contributed by atoms with E-state index in [4.69, 9.17) is 4.52 Å². The molecule has 1 heterocycles. The molecule has 0 saturated heterocycles. The summed E-state index contributed by atoms with van der Waals surface area (Å²) in [4.78, 5) is 15.7. The topological polar surface area (TPSA) is 68.0 Å². The molecule has 6 heteroatoms. The molecular weight excluding hydrogens is 237 g/mol. The zero-order valence-electron chi connectivity index (χ0n) is 9.81. The molecule has 0 bridgehead atoms. The Morgan fingerprint density at radius 3 is 3.00 bits per heavy atom. The van der Waals surface area contributed by atoms with E-state index in [1.54, 1.807) is 0 Å². The third-order valence-corrected chi connectivity index (χ3v) is 2.31. The van der Waals surface area contributed by atoms with Crippen LogP contribution in [0, 0.1) is 5.82 Å². The van der Waals surface area contributed by atoms with Gasteiger partial charge in [-0.2, -0.15) is 4.98 Å². The maximum Gasteiger partial charge on any atom is 0.251 e. The molecule has 2 rings (SSSR count). The SMILES string of the molecule is CCc1nc(CNC(=O)c2cccc(F)c2)no1. The Morgan fingerprint density at radius 2 is 2.33 bits per heavy atom. The number of aromatic nitrogens is 2. The van der Waals surface area contributed by atoms with E-state index >= 15 is 0 Å². The van der Waals surface area contributed by atoms with Gasteiger partial charge in [-0.05, 0) is 18.2 Å². The Hall–Kier alpha value is -2.24. The van der Waals surface area contributed by atoms with Crippen LogP contribution in [0.5, 0.6) is 0 Å². The van der Waals surface area contributed by atoms with Crippen molar-refractivity contribution in [2.24, 2.45) is 0 Å². The first kappa shape index (κ1) is 12.2. The molecule has 0 radical (unpaired) electrons. The summed E-state index contributed by atoms with van der Waals surface area (Å²) >= 11 is 0. The van der Waals surface area contributed by atoms with Crippen LogP contribution in [0.4, 0.5) is 4.39 Å². The van der Waals surface area contributed by atoms with Gasteiger partial charge in [0.15, 0.2) is 5.82 Å². The van der Waals surface area contributed by atoms with Crippen LogP contribution in [0.2, 0.25) is 0 Å². The molecule has 0 aliphatic heterocycles. The number of hydrogen-bond donors (Lipinski definition) is 1. The highest BCUT2D eigenvalue weighted by Crippen LogP contribution is 2.04. The predicted molar refractivity (Wildman–Crippen MR) is 61.2 cm³/mol. The lowest BCUT2D eigenvalue weighted by Crippen LogP contribution is -2.23. The van der Waals surface area contributed by atoms with E-state index in [1.165, 1.54) is 24.3 Å². The van der Waals surface area contributed by atoms with Gasteiger partial charge in [-0.25, -0.2) is 4.39 Å². The van der Waals surface area contributed by atoms with Gasteiger partial charge in [0.05, 0.1) is 6.54 Å². The Morgan fingerprint density at radius 1 is 1.50 bits per heavy atom. The molecule has 0 unspecified atom stereocenters. The van der Waals surface area contributed by atoms with Crippen molar-refractivity contribution in [1.82, 2.24) is 15.5 Å². The van der Waals surface area contributed by atoms with Crippen molar-refractivity contribution >= 4 is 5.91 Å². The first-order chi connectivity index (χ1) is 8.69. The van der Waals surface area contributed by atoms with Gasteiger partial charge in [-0.1, -0.05) is 18.1 Å². The number of nitrogens with zero attached hydrogens (tertiary/aromatic N) is 2. The van der Waals surface area contributed by atoms with Crippen LogP contribution in [-0.2, 0) is 13.0 Å². The normalized spacial score (nSPS) is 10.3. The maximum absolute atomic E-state index is 12.9. The number of carbonyl (C=O) groups excluding carboxylic acids is 1. The number of benzene rings is 1. The average molecular weight is 249 g/mol. The van der Waals surface area contributed by atoms with Crippen molar-refractivity contribution in [2.75, 3.05) is 0 Å². The van der Waals surface area contributed by atoms with Crippen LogP contribution in [0.15, 0.2) is 28.8 Å². The molecule has 1 aromatic heterocycles. The van der Waals surface area contributed by atoms with Crippen LogP contribution in [0.3, 0.4) is 0 Å². The second-order valence-electron chi connectivity index (χ2n) is 3.65. The summed E-state index contributed by atoms with van der Waals surface area (Å²) in [5.74, 6) is 0.0921. The van der Waals surface area contributed by atoms with Gasteiger partial charge in [0.2, 0.25) is 5.89 Å². The third-order valence-electron chi connectivity index (χ3n) is 2.31. The Kier molecular flexibility index (Phi) is 3.66. The van der Waals surface area contributed by atoms with E-state index in [-0.39, 0.29) is 18.0 Å². The minimum Gasteiger partial charge on any atom is -0.345 e. The molecule has 2 aromatic rings. The number of hydrogen-bond acceptors (Lipinski definition) is 4. The van der Waals surface area contributed by atoms with Crippen molar-refractivity contribution in [3.8, 4) is 0 Å². The van der Waals surface area contributed by atoms with E-state index in [9.17, 15) is 9.18 Å². The second-order valence-corrected chi connectivity index (χ2v) is 3.65. The number of aryl methyl sites for hydroxylation is 1. The molecule has 1 amide bonds. The number of carbonyl (C=O) groups is 1. The molecular formula is C12H12FN3O2. The summed E-state index contributed by atoms with van der Waals surface area (Å²) in [6.07, 6.45) is 0.644. The lowest BCUT2D eigenvalue weighted by atomic mass is 10.2. The summed E-state index contributed by atoms with van der Waals surface area (Å²) in [6.45, 7) is 2.04. The van der Waals surface area contributed by atoms with Crippen LogP contribution in [-0.4, -0.2) is 16.0 Å². The van der Waals surface area contributed by atoms with E-state index in [0.29, 0.717) is 18.1 Å². The lowest BCUT2D eigenvalue weighted by Gasteiger charge is -2.02. The van der Waals surface area contributed by atoms with Gasteiger partial charge < -0.3 is 9.84 Å². The van der Waals surface area contributed by atoms with Crippen LogP contribution >= 0.6 is 0 Å². The first-order valence-corrected chi connectivity index (χ1v) is 5.54. The average Bonchev–Trinajstić information content (AvgIpc) is 2.84. The van der Waals surface area contributed by atoms with E-state index in [1.807, 2.05) is 6.92 Å². The van der Waals surface area contributed by atoms with Gasteiger partial charge in [0.1, 0.15) is 5.82 Å². The molecule has 1 aromatic carbocycles. The van der Waals surface area contributed by atoms with Crippen LogP contribution in [0.1, 0.15) is 29.0 Å². The Labute approximate surface area is 103 Å². The van der Waals surface area contributed by atoms with Gasteiger partial charge in [-0.15, -0.1) is 0 Å². The molecule has 0 aliphatic rings. The zero-order valence-corrected chi connectivity index (χ0v) is 9.81. The fraction of sp³-hybridized carbons (Fsp3) is 0.250. The number of halogens is 1. The van der Waals surface area contributed by atoms with Gasteiger partial charge in [0, 0.05) is 12.0 Å². The quantitative estimate of drug-likeness (QED) is 0.895. The van der Waals surface area contributed by atoms with Crippen LogP contribution in [0.25, 0.3) is 0 Å². The standard InChI is InChI=1S/C12H12FN3O2/c1-2-11-15-10(16-18-11)7-14-12(17)8-4-3-5-9(13)6-8/h3-6H,2,7H2,1H3,(H,14,17). The maximum atomic E-state index is 12.9. The largest absolute Gasteiger partial charge is 0.345 e. The van der Waals surface area contributed by atoms with Crippen molar-refractivity contribution in [1.29, 1.82) is 0 Å². The van der Waals surface area contributed by atoms with Crippen molar-refractivity contribution in [2.45, 2.75) is 19.9 Å². The third kappa shape index (κ3) is 2.91. The lowest BCUT2D eigenvalue weighted by molar-refractivity contribution is 0.0949. The molecule has 5 nitrogen and oxygen atoms in total. The minimum atomic E-state index is -0.449. The smallest absolute Gasteiger partial charge is 0.251 e. The van der Waals surface area contributed by atoms with Gasteiger partial charge in [0.25, 0.3) is 5.91 Å². The van der Waals surface area contributed by atoms with Gasteiger partial charge >= 0.3 is 0 Å². The fourth-order valence-corrected chi connectivity index (χ4v) is 1.40. The Bertz CT molecular complexity index is 554. The molecule has 1 N–H and O–H groups in total. The Balaban J connectivity index is 1.96. The number of nitrogens with one attached hydrogen (secondary N) is 1. The molecule has 0 aliphatic carbocycles. The van der Waals surface area contributed by atoms with Crippen molar-refractivity contribution in [3.05, 3.63) is 47.4 Å². The first-order valence-electron chi connectivity index (χ1n) is 5.54. The molecule has 0 atom stereocenters. The highest BCUT2D eigenvalue weighted by Gasteiger charge is 2.09. The highest BCUT2D eigenvalue weighted by atomic mass is 19.1. The highest BCUT2D eigenvalue weighted by molar-refractivity contribution is 5.94. The summed E-state index contributed by atoms with van der Waals surface area (Å²) < 4.78 is 17.8. The van der Waals surface area contributed by atoms with E-state index in [0.717, 1.165) is 0 Å². The predicted octanol–water partition coefficient (Wildman–Crippen LogP) is 1.70. The van der Waals surface area contributed by atoms with E-state index < -0.39 is 5.82 Å². The zero-order chi connectivity index (χ0) is 13.0. The summed E-state index contributed by atoms with van der Waals surface area (Å²) in [5.41, 5.74) is 0.259. The van der Waals surface area contributed by atoms with Crippen LogP contribution < -0.4 is 5.32 Å². The monoisotopic (exact) mass is 249 g/mol. The second kappa shape index (κ2) is 5.39. The summed E-state index contributed by atoms with van der Waals surface area (Å²) in [5, 5.41) is 6.28. The summed E-state index contributed by atoms with van der Waals surface area (Å²) in [7, 11) is 0. The number of amides is 1. The number of rotatable bonds is 4. The molecule has 18 heavy (non-hydrogen) atoms. The van der Waals surface area contributed by atoms with Crippen molar-refractivity contribution < 1.29 is 13.7 Å². The molecule has 0 spiro atoms. The summed E-state index contributed by atoms with van der Waals surface area (Å²) in [6, 6.07) is 5.46. The van der Waals surface area contributed by atoms with E-state index in [2.05, 4.69) is 15.5 Å². The van der Waals surface area contributed by atoms with Gasteiger partial charge in [-0.3, -0.25) is 4.79 Å². The fourth-order valence-electron chi connectivity index (χ4n) is 1.40. The van der Waals surface area contributed by atoms with Crippen molar-refractivity contribution in [3.63, 3.8) is 0 Å². The molecule has 94 valence electrons. The minimum absolute atomic E-state index is 0.152.